The molecule has 2 atom stereocenters. The molecule has 0 radical (unpaired) electrons. The van der Waals surface area contributed by atoms with Crippen molar-refractivity contribution in [1.29, 1.82) is 0 Å². The van der Waals surface area contributed by atoms with Gasteiger partial charge in [-0.15, -0.1) is 0 Å². The lowest BCUT2D eigenvalue weighted by atomic mass is 9.69. The summed E-state index contributed by atoms with van der Waals surface area (Å²) in [7, 11) is 0. The van der Waals surface area contributed by atoms with Crippen molar-refractivity contribution in [2.24, 2.45) is 11.3 Å². The molecule has 1 aliphatic carbocycles. The van der Waals surface area contributed by atoms with Crippen molar-refractivity contribution in [2.45, 2.75) is 66.0 Å². The van der Waals surface area contributed by atoms with E-state index in [9.17, 15) is 0 Å². The zero-order valence-corrected chi connectivity index (χ0v) is 14.9. The summed E-state index contributed by atoms with van der Waals surface area (Å²) in [6.07, 6.45) is 5.49. The smallest absolute Gasteiger partial charge is 0.0208 e. The Balaban J connectivity index is 1.99. The minimum absolute atomic E-state index is 0.410. The first-order valence-electron chi connectivity index (χ1n) is 7.86. The lowest BCUT2D eigenvalue weighted by Crippen LogP contribution is -2.43. The summed E-state index contributed by atoms with van der Waals surface area (Å²) in [4.78, 5) is 0. The van der Waals surface area contributed by atoms with Gasteiger partial charge < -0.3 is 5.32 Å². The largest absolute Gasteiger partial charge is 0.310 e. The molecule has 1 nitrogen and oxygen atoms in total. The lowest BCUT2D eigenvalue weighted by Gasteiger charge is -2.41. The van der Waals surface area contributed by atoms with E-state index in [4.69, 9.17) is 0 Å². The van der Waals surface area contributed by atoms with Gasteiger partial charge in [0.2, 0.25) is 0 Å². The van der Waals surface area contributed by atoms with Crippen LogP contribution in [0.2, 0.25) is 0 Å². The van der Waals surface area contributed by atoms with Crippen LogP contribution in [0.1, 0.15) is 57.6 Å². The molecule has 1 aromatic rings. The molecular weight excluding hydrogens is 310 g/mol. The molecule has 1 aromatic carbocycles. The third-order valence-electron chi connectivity index (χ3n) is 4.67. The first-order chi connectivity index (χ1) is 9.38. The summed E-state index contributed by atoms with van der Waals surface area (Å²) in [5.41, 5.74) is 3.12. The Kier molecular flexibility index (Phi) is 5.30. The highest BCUT2D eigenvalue weighted by Crippen LogP contribution is 2.38. The fraction of sp³-hybridized carbons (Fsp3) is 0.667. The van der Waals surface area contributed by atoms with E-state index in [0.29, 0.717) is 11.5 Å². The highest BCUT2D eigenvalue weighted by molar-refractivity contribution is 9.10. The molecule has 0 spiro atoms. The average molecular weight is 338 g/mol. The monoisotopic (exact) mass is 337 g/mol. The molecule has 2 unspecified atom stereocenters. The fourth-order valence-electron chi connectivity index (χ4n) is 3.48. The fourth-order valence-corrected chi connectivity index (χ4v) is 3.72. The summed E-state index contributed by atoms with van der Waals surface area (Å²) >= 11 is 3.57. The number of hydrogen-bond acceptors (Lipinski definition) is 1. The van der Waals surface area contributed by atoms with Crippen molar-refractivity contribution >= 4 is 15.9 Å². The van der Waals surface area contributed by atoms with E-state index < -0.39 is 0 Å². The second kappa shape index (κ2) is 6.62. The molecule has 1 saturated carbocycles. The molecule has 0 aliphatic heterocycles. The van der Waals surface area contributed by atoms with Crippen LogP contribution in [-0.2, 0) is 6.54 Å². The third-order valence-corrected chi connectivity index (χ3v) is 5.56. The van der Waals surface area contributed by atoms with Crippen LogP contribution in [0.5, 0.6) is 0 Å². The highest BCUT2D eigenvalue weighted by atomic mass is 79.9. The Hall–Kier alpha value is -0.340. The summed E-state index contributed by atoms with van der Waals surface area (Å²) in [5, 5.41) is 3.83. The normalized spacial score (nSPS) is 23.9. The van der Waals surface area contributed by atoms with Gasteiger partial charge in [-0.05, 0) is 48.3 Å². The molecule has 0 amide bonds. The maximum Gasteiger partial charge on any atom is 0.0208 e. The number of rotatable bonds is 3. The zero-order chi connectivity index (χ0) is 14.8. The molecule has 0 saturated heterocycles. The van der Waals surface area contributed by atoms with Crippen LogP contribution >= 0.6 is 15.9 Å². The van der Waals surface area contributed by atoms with Crippen LogP contribution in [-0.4, -0.2) is 6.04 Å². The molecule has 2 rings (SSSR count). The van der Waals surface area contributed by atoms with Crippen LogP contribution < -0.4 is 5.32 Å². The quantitative estimate of drug-likeness (QED) is 0.772. The van der Waals surface area contributed by atoms with Crippen LogP contribution in [0.15, 0.2) is 22.7 Å². The minimum atomic E-state index is 0.410. The van der Waals surface area contributed by atoms with E-state index in [1.165, 1.54) is 41.3 Å². The molecule has 112 valence electrons. The third kappa shape index (κ3) is 4.08. The van der Waals surface area contributed by atoms with E-state index in [1.54, 1.807) is 0 Å². The predicted octanol–water partition coefficient (Wildman–Crippen LogP) is 5.45. The van der Waals surface area contributed by atoms with Crippen LogP contribution in [0.3, 0.4) is 0 Å². The Morgan fingerprint density at radius 2 is 1.90 bits per heavy atom. The van der Waals surface area contributed by atoms with Crippen molar-refractivity contribution in [3.63, 3.8) is 0 Å². The summed E-state index contributed by atoms with van der Waals surface area (Å²) in [5.74, 6) is 0.799. The molecule has 0 heterocycles. The summed E-state index contributed by atoms with van der Waals surface area (Å²) in [6, 6.07) is 7.34. The summed E-state index contributed by atoms with van der Waals surface area (Å²) in [6.45, 7) is 10.3. The molecule has 0 bridgehead atoms. The van der Waals surface area contributed by atoms with Gasteiger partial charge in [0, 0.05) is 17.1 Å². The molecule has 2 heteroatoms. The van der Waals surface area contributed by atoms with E-state index in [0.717, 1.165) is 12.5 Å². The first kappa shape index (κ1) is 16.0. The van der Waals surface area contributed by atoms with E-state index in [-0.39, 0.29) is 0 Å². The highest BCUT2D eigenvalue weighted by Gasteiger charge is 2.33. The standard InChI is InChI=1S/C18H28BrN/c1-13-11-14(9-10-16(13)19)12-20-17-8-6-5-7-15(17)18(2,3)4/h9-11,15,17,20H,5-8,12H2,1-4H3. The number of hydrogen-bond donors (Lipinski definition) is 1. The van der Waals surface area contributed by atoms with Crippen LogP contribution in [0.4, 0.5) is 0 Å². The Morgan fingerprint density at radius 1 is 1.20 bits per heavy atom. The maximum absolute atomic E-state index is 3.83. The number of halogens is 1. The lowest BCUT2D eigenvalue weighted by molar-refractivity contribution is 0.130. The van der Waals surface area contributed by atoms with Crippen molar-refractivity contribution in [3.8, 4) is 0 Å². The van der Waals surface area contributed by atoms with E-state index >= 15 is 0 Å². The average Bonchev–Trinajstić information content (AvgIpc) is 2.39. The van der Waals surface area contributed by atoms with Crippen molar-refractivity contribution in [1.82, 2.24) is 5.32 Å². The first-order valence-corrected chi connectivity index (χ1v) is 8.65. The number of aryl methyl sites for hydroxylation is 1. The topological polar surface area (TPSA) is 12.0 Å². The van der Waals surface area contributed by atoms with E-state index in [1.807, 2.05) is 0 Å². The molecule has 1 fully saturated rings. The Morgan fingerprint density at radius 3 is 2.55 bits per heavy atom. The second-order valence-electron chi connectivity index (χ2n) is 7.33. The number of nitrogens with one attached hydrogen (secondary N) is 1. The summed E-state index contributed by atoms with van der Waals surface area (Å²) < 4.78 is 1.20. The van der Waals surface area contributed by atoms with Crippen molar-refractivity contribution in [3.05, 3.63) is 33.8 Å². The Bertz CT molecular complexity index is 447. The second-order valence-corrected chi connectivity index (χ2v) is 8.18. The molecule has 20 heavy (non-hydrogen) atoms. The van der Waals surface area contributed by atoms with Gasteiger partial charge in [0.1, 0.15) is 0 Å². The van der Waals surface area contributed by atoms with Gasteiger partial charge in [0.15, 0.2) is 0 Å². The predicted molar refractivity (Wildman–Crippen MR) is 90.9 cm³/mol. The van der Waals surface area contributed by atoms with Gasteiger partial charge in [0.25, 0.3) is 0 Å². The zero-order valence-electron chi connectivity index (χ0n) is 13.3. The molecule has 1 aliphatic rings. The van der Waals surface area contributed by atoms with Crippen LogP contribution in [0, 0.1) is 18.3 Å². The molecule has 1 N–H and O–H groups in total. The molecule has 0 aromatic heterocycles. The minimum Gasteiger partial charge on any atom is -0.310 e. The van der Waals surface area contributed by atoms with Gasteiger partial charge in [-0.1, -0.05) is 61.7 Å². The number of benzene rings is 1. The van der Waals surface area contributed by atoms with Gasteiger partial charge in [-0.2, -0.15) is 0 Å². The molecular formula is C18H28BrN. The van der Waals surface area contributed by atoms with Gasteiger partial charge in [-0.3, -0.25) is 0 Å². The van der Waals surface area contributed by atoms with Crippen molar-refractivity contribution < 1.29 is 0 Å². The van der Waals surface area contributed by atoms with E-state index in [2.05, 4.69) is 67.1 Å². The SMILES string of the molecule is Cc1cc(CNC2CCCCC2C(C)(C)C)ccc1Br. The maximum atomic E-state index is 3.83. The van der Waals surface area contributed by atoms with Crippen LogP contribution in [0.25, 0.3) is 0 Å². The van der Waals surface area contributed by atoms with Gasteiger partial charge in [0.05, 0.1) is 0 Å². The van der Waals surface area contributed by atoms with Gasteiger partial charge in [-0.25, -0.2) is 0 Å². The Labute approximate surface area is 132 Å². The van der Waals surface area contributed by atoms with Gasteiger partial charge >= 0.3 is 0 Å². The van der Waals surface area contributed by atoms with Crippen molar-refractivity contribution in [2.75, 3.05) is 0 Å².